The van der Waals surface area contributed by atoms with Gasteiger partial charge in [0.2, 0.25) is 0 Å². The van der Waals surface area contributed by atoms with Gasteiger partial charge in [0, 0.05) is 5.69 Å². The molecule has 2 aromatic rings. The number of sulfonamides is 1. The number of hydrogen-bond acceptors (Lipinski definition) is 7. The molecule has 9 nitrogen and oxygen atoms in total. The van der Waals surface area contributed by atoms with Crippen molar-refractivity contribution in [1.82, 2.24) is 0 Å². The summed E-state index contributed by atoms with van der Waals surface area (Å²) in [6.07, 6.45) is 0. The average molecular weight is 393 g/mol. The lowest BCUT2D eigenvalue weighted by atomic mass is 10.1. The summed E-state index contributed by atoms with van der Waals surface area (Å²) in [6.45, 7) is 0. The van der Waals surface area contributed by atoms with Gasteiger partial charge in [-0.15, -0.1) is 0 Å². The number of hydrogen-bond donors (Lipinski definition) is 2. The average Bonchev–Trinajstić information content (AvgIpc) is 2.66. The number of carbonyl (C=O) groups excluding carboxylic acids is 2. The van der Waals surface area contributed by atoms with Crippen LogP contribution in [0.4, 0.5) is 5.69 Å². The number of nitrogens with one attached hydrogen (secondary N) is 1. The summed E-state index contributed by atoms with van der Waals surface area (Å²) in [5, 5.41) is 8.99. The minimum atomic E-state index is -4.24. The van der Waals surface area contributed by atoms with Gasteiger partial charge in [0.25, 0.3) is 10.0 Å². The number of aromatic carboxylic acids is 1. The topological polar surface area (TPSA) is 136 Å². The van der Waals surface area contributed by atoms with Gasteiger partial charge in [-0.1, -0.05) is 6.07 Å². The molecule has 0 heterocycles. The molecule has 0 bridgehead atoms. The fourth-order valence-corrected chi connectivity index (χ4v) is 3.27. The van der Waals surface area contributed by atoms with E-state index in [1.54, 1.807) is 0 Å². The van der Waals surface area contributed by atoms with Crippen molar-refractivity contribution in [2.75, 3.05) is 18.9 Å². The Bertz CT molecular complexity index is 979. The molecule has 0 saturated carbocycles. The van der Waals surface area contributed by atoms with Crippen molar-refractivity contribution >= 4 is 33.6 Å². The van der Waals surface area contributed by atoms with E-state index in [-0.39, 0.29) is 22.4 Å². The minimum absolute atomic E-state index is 0.00186. The first kappa shape index (κ1) is 19.9. The first-order valence-electron chi connectivity index (χ1n) is 7.36. The second-order valence-electron chi connectivity index (χ2n) is 5.22. The Kier molecular flexibility index (Phi) is 5.81. The van der Waals surface area contributed by atoms with Crippen LogP contribution in [0.25, 0.3) is 0 Å². The van der Waals surface area contributed by atoms with Crippen LogP contribution in [-0.2, 0) is 19.5 Å². The number of rotatable bonds is 6. The van der Waals surface area contributed by atoms with Gasteiger partial charge in [-0.05, 0) is 36.4 Å². The van der Waals surface area contributed by atoms with E-state index in [1.165, 1.54) is 18.2 Å². The number of carboxylic acid groups (broad SMARTS) is 1. The highest BCUT2D eigenvalue weighted by Crippen LogP contribution is 2.21. The predicted octanol–water partition coefficient (Wildman–Crippen LogP) is 1.76. The number of ether oxygens (including phenoxy) is 2. The first-order chi connectivity index (χ1) is 12.7. The van der Waals surface area contributed by atoms with Crippen LogP contribution in [0, 0.1) is 0 Å². The molecule has 0 aliphatic heterocycles. The fourth-order valence-electron chi connectivity index (χ4n) is 2.16. The lowest BCUT2D eigenvalue weighted by Crippen LogP contribution is -2.16. The van der Waals surface area contributed by atoms with E-state index in [2.05, 4.69) is 14.2 Å². The van der Waals surface area contributed by atoms with Gasteiger partial charge in [-0.25, -0.2) is 22.8 Å². The normalized spacial score (nSPS) is 10.7. The zero-order chi connectivity index (χ0) is 20.2. The molecule has 0 aliphatic rings. The molecule has 27 heavy (non-hydrogen) atoms. The molecule has 2 N–H and O–H groups in total. The number of carboxylic acids is 1. The van der Waals surface area contributed by atoms with Crippen LogP contribution in [0.1, 0.15) is 31.1 Å². The second kappa shape index (κ2) is 7.87. The molecule has 0 amide bonds. The highest BCUT2D eigenvalue weighted by Gasteiger charge is 2.21. The predicted molar refractivity (Wildman–Crippen MR) is 93.3 cm³/mol. The monoisotopic (exact) mass is 393 g/mol. The number of benzene rings is 2. The van der Waals surface area contributed by atoms with Gasteiger partial charge in [0.05, 0.1) is 35.8 Å². The van der Waals surface area contributed by atoms with E-state index in [1.807, 2.05) is 0 Å². The van der Waals surface area contributed by atoms with Crippen molar-refractivity contribution in [3.63, 3.8) is 0 Å². The van der Waals surface area contributed by atoms with Crippen LogP contribution in [-0.4, -0.2) is 45.7 Å². The third-order valence-corrected chi connectivity index (χ3v) is 4.78. The molecular formula is C17H15NO8S. The largest absolute Gasteiger partial charge is 0.478 e. The van der Waals surface area contributed by atoms with Crippen LogP contribution in [0.15, 0.2) is 47.4 Å². The summed E-state index contributed by atoms with van der Waals surface area (Å²) in [7, 11) is -2.03. The summed E-state index contributed by atoms with van der Waals surface area (Å²) < 4.78 is 36.6. The van der Waals surface area contributed by atoms with Gasteiger partial charge in [-0.3, -0.25) is 4.72 Å². The van der Waals surface area contributed by atoms with E-state index >= 15 is 0 Å². The zero-order valence-corrected chi connectivity index (χ0v) is 15.1. The lowest BCUT2D eigenvalue weighted by Gasteiger charge is -2.11. The van der Waals surface area contributed by atoms with Crippen molar-refractivity contribution in [2.45, 2.75) is 4.90 Å². The molecule has 0 fully saturated rings. The summed E-state index contributed by atoms with van der Waals surface area (Å²) in [5.74, 6) is -2.91. The molecule has 0 aliphatic carbocycles. The van der Waals surface area contributed by atoms with Crippen LogP contribution in [0.5, 0.6) is 0 Å². The molecule has 0 unspecified atom stereocenters. The Balaban J connectivity index is 2.51. The van der Waals surface area contributed by atoms with Crippen LogP contribution in [0.2, 0.25) is 0 Å². The molecule has 10 heteroatoms. The SMILES string of the molecule is COC(=O)c1cc(C(=O)OC)cc(S(=O)(=O)Nc2cccc(C(=O)O)c2)c1. The Morgan fingerprint density at radius 3 is 1.93 bits per heavy atom. The van der Waals surface area contributed by atoms with Crippen LogP contribution < -0.4 is 4.72 Å². The maximum atomic E-state index is 12.6. The standard InChI is InChI=1S/C17H15NO8S/c1-25-16(21)11-6-12(17(22)26-2)9-14(8-11)27(23,24)18-13-5-3-4-10(7-13)15(19)20/h3-9,18H,1-2H3,(H,19,20). The smallest absolute Gasteiger partial charge is 0.337 e. The van der Waals surface area contributed by atoms with Gasteiger partial charge in [-0.2, -0.15) is 0 Å². The maximum absolute atomic E-state index is 12.6. The third kappa shape index (κ3) is 4.61. The number of esters is 2. The van der Waals surface area contributed by atoms with E-state index in [0.717, 1.165) is 38.5 Å². The molecule has 142 valence electrons. The Labute approximate surface area is 154 Å². The molecule has 0 spiro atoms. The van der Waals surface area contributed by atoms with E-state index in [0.29, 0.717) is 0 Å². The van der Waals surface area contributed by atoms with Crippen molar-refractivity contribution in [3.8, 4) is 0 Å². The van der Waals surface area contributed by atoms with E-state index in [9.17, 15) is 22.8 Å². The maximum Gasteiger partial charge on any atom is 0.337 e. The molecule has 2 aromatic carbocycles. The van der Waals surface area contributed by atoms with Crippen molar-refractivity contribution in [2.24, 2.45) is 0 Å². The van der Waals surface area contributed by atoms with Crippen molar-refractivity contribution in [3.05, 3.63) is 59.2 Å². The van der Waals surface area contributed by atoms with E-state index in [4.69, 9.17) is 5.11 Å². The Morgan fingerprint density at radius 2 is 1.44 bits per heavy atom. The van der Waals surface area contributed by atoms with Gasteiger partial charge < -0.3 is 14.6 Å². The molecule has 0 saturated heterocycles. The number of carbonyl (C=O) groups is 3. The third-order valence-electron chi connectivity index (χ3n) is 3.42. The van der Waals surface area contributed by atoms with Crippen LogP contribution in [0.3, 0.4) is 0 Å². The summed E-state index contributed by atoms with van der Waals surface area (Å²) in [5.41, 5.74) is -0.452. The number of anilines is 1. The molecular weight excluding hydrogens is 378 g/mol. The van der Waals surface area contributed by atoms with Crippen molar-refractivity contribution in [1.29, 1.82) is 0 Å². The molecule has 0 atom stereocenters. The van der Waals surface area contributed by atoms with Gasteiger partial charge >= 0.3 is 17.9 Å². The lowest BCUT2D eigenvalue weighted by molar-refractivity contribution is 0.0596. The summed E-state index contributed by atoms with van der Waals surface area (Å²) >= 11 is 0. The molecule has 0 radical (unpaired) electrons. The number of methoxy groups -OCH3 is 2. The Morgan fingerprint density at radius 1 is 0.889 bits per heavy atom. The zero-order valence-electron chi connectivity index (χ0n) is 14.3. The van der Waals surface area contributed by atoms with Gasteiger partial charge in [0.1, 0.15) is 0 Å². The van der Waals surface area contributed by atoms with Gasteiger partial charge in [0.15, 0.2) is 0 Å². The Hall–Kier alpha value is -3.40. The minimum Gasteiger partial charge on any atom is -0.478 e. The highest BCUT2D eigenvalue weighted by atomic mass is 32.2. The summed E-state index contributed by atoms with van der Waals surface area (Å²) in [4.78, 5) is 34.2. The quantitative estimate of drug-likeness (QED) is 0.709. The van der Waals surface area contributed by atoms with E-state index < -0.39 is 32.8 Å². The van der Waals surface area contributed by atoms with Crippen LogP contribution >= 0.6 is 0 Å². The molecule has 2 rings (SSSR count). The first-order valence-corrected chi connectivity index (χ1v) is 8.84. The summed E-state index contributed by atoms with van der Waals surface area (Å²) in [6, 6.07) is 8.35. The second-order valence-corrected chi connectivity index (χ2v) is 6.90. The fraction of sp³-hybridized carbons (Fsp3) is 0.118. The highest BCUT2D eigenvalue weighted by molar-refractivity contribution is 7.92. The van der Waals surface area contributed by atoms with Crippen molar-refractivity contribution < 1.29 is 37.4 Å². The molecule has 0 aromatic heterocycles.